The van der Waals surface area contributed by atoms with Gasteiger partial charge in [0.1, 0.15) is 12.5 Å². The van der Waals surface area contributed by atoms with Gasteiger partial charge >= 0.3 is 5.63 Å². The van der Waals surface area contributed by atoms with Crippen LogP contribution in [0, 0.1) is 5.82 Å². The molecule has 11 heteroatoms. The van der Waals surface area contributed by atoms with Gasteiger partial charge in [0, 0.05) is 37.7 Å². The molecular formula is C23H27FN6O3S. The second-order valence-electron chi connectivity index (χ2n) is 7.37. The van der Waals surface area contributed by atoms with E-state index >= 15 is 0 Å². The van der Waals surface area contributed by atoms with E-state index in [1.807, 2.05) is 6.92 Å². The van der Waals surface area contributed by atoms with Crippen molar-refractivity contribution in [1.82, 2.24) is 24.9 Å². The van der Waals surface area contributed by atoms with Crippen molar-refractivity contribution in [1.29, 1.82) is 0 Å². The highest BCUT2D eigenvalue weighted by atomic mass is 32.2. The molecule has 0 aliphatic carbocycles. The molecule has 180 valence electrons. The van der Waals surface area contributed by atoms with Gasteiger partial charge < -0.3 is 20.1 Å². The number of aromatic nitrogens is 3. The van der Waals surface area contributed by atoms with Gasteiger partial charge in [-0.05, 0) is 37.6 Å². The van der Waals surface area contributed by atoms with E-state index in [2.05, 4.69) is 27.2 Å². The highest BCUT2D eigenvalue weighted by Gasteiger charge is 2.14. The molecule has 0 unspecified atom stereocenters. The van der Waals surface area contributed by atoms with Crippen LogP contribution in [0.3, 0.4) is 0 Å². The maximum Gasteiger partial charge on any atom is 0.365 e. The van der Waals surface area contributed by atoms with Crippen LogP contribution in [-0.4, -0.2) is 50.9 Å². The van der Waals surface area contributed by atoms with Gasteiger partial charge in [0.05, 0.1) is 23.2 Å². The number of halogens is 1. The van der Waals surface area contributed by atoms with E-state index < -0.39 is 11.4 Å². The lowest BCUT2D eigenvalue weighted by molar-refractivity contribution is -0.128. The molecule has 3 rings (SSSR count). The maximum atomic E-state index is 14.7. The number of carbonyl (C=O) groups excluding carboxylic acids is 1. The first-order chi connectivity index (χ1) is 16.4. The molecule has 0 bridgehead atoms. The van der Waals surface area contributed by atoms with Crippen molar-refractivity contribution in [3.63, 3.8) is 0 Å². The fourth-order valence-electron chi connectivity index (χ4n) is 3.05. The zero-order chi connectivity index (χ0) is 24.5. The Hall–Kier alpha value is -3.60. The summed E-state index contributed by atoms with van der Waals surface area (Å²) in [5.41, 5.74) is 1.13. The van der Waals surface area contributed by atoms with E-state index in [4.69, 9.17) is 4.52 Å². The fraction of sp³-hybridized carbons (Fsp3) is 0.304. The summed E-state index contributed by atoms with van der Waals surface area (Å²) < 4.78 is 21.1. The van der Waals surface area contributed by atoms with Crippen LogP contribution >= 0.6 is 11.8 Å². The second kappa shape index (κ2) is 12.0. The monoisotopic (exact) mass is 486 g/mol. The van der Waals surface area contributed by atoms with Crippen molar-refractivity contribution >= 4 is 23.4 Å². The third-order valence-corrected chi connectivity index (χ3v) is 5.67. The summed E-state index contributed by atoms with van der Waals surface area (Å²) in [6.45, 7) is 8.96. The van der Waals surface area contributed by atoms with Crippen molar-refractivity contribution in [2.24, 2.45) is 0 Å². The topological polar surface area (TPSA) is 105 Å². The average Bonchev–Trinajstić information content (AvgIpc) is 3.21. The minimum atomic E-state index is -0.556. The molecule has 9 nitrogen and oxygen atoms in total. The normalized spacial score (nSPS) is 10.7. The van der Waals surface area contributed by atoms with E-state index in [9.17, 15) is 14.0 Å². The summed E-state index contributed by atoms with van der Waals surface area (Å²) in [5.74, 6) is -0.323. The number of nitrogens with one attached hydrogen (secondary N) is 2. The first kappa shape index (κ1) is 25.0. The van der Waals surface area contributed by atoms with E-state index in [1.165, 1.54) is 28.8 Å². The molecule has 0 atom stereocenters. The third kappa shape index (κ3) is 6.95. The molecule has 0 radical (unpaired) electrons. The molecule has 2 aromatic heterocycles. The summed E-state index contributed by atoms with van der Waals surface area (Å²) in [4.78, 5) is 34.5. The SMILES string of the molecule is C=C(C)NCn1cc(-c2ccc(NCCN(CC)C(=O)CSc3ncccn3)c(F)c2)c(=O)o1. The number of carbonyl (C=O) groups is 1. The minimum absolute atomic E-state index is 0.0463. The molecule has 0 aliphatic rings. The largest absolute Gasteiger partial charge is 0.381 e. The molecule has 2 heterocycles. The molecule has 3 aromatic rings. The Bertz CT molecular complexity index is 1180. The van der Waals surface area contributed by atoms with Gasteiger partial charge in [0.2, 0.25) is 5.91 Å². The average molecular weight is 487 g/mol. The predicted octanol–water partition coefficient (Wildman–Crippen LogP) is 3.17. The summed E-state index contributed by atoms with van der Waals surface area (Å²) in [7, 11) is 0. The number of anilines is 1. The fourth-order valence-corrected chi connectivity index (χ4v) is 3.76. The minimum Gasteiger partial charge on any atom is -0.381 e. The Morgan fingerprint density at radius 1 is 1.32 bits per heavy atom. The first-order valence-electron chi connectivity index (χ1n) is 10.7. The van der Waals surface area contributed by atoms with Crippen LogP contribution in [0.2, 0.25) is 0 Å². The molecule has 1 amide bonds. The number of thioether (sulfide) groups is 1. The standard InChI is InChI=1S/C23H27FN6O3S/c1-4-29(21(31)14-34-23-26-8-5-9-27-23)11-10-25-20-7-6-17(12-19(20)24)18-13-30(33-22(18)32)15-28-16(2)3/h5-9,12-13,25,28H,2,4,10-11,14-15H2,1,3H3. The molecule has 0 aliphatic heterocycles. The van der Waals surface area contributed by atoms with Gasteiger partial charge in [0.15, 0.2) is 5.16 Å². The molecule has 2 N–H and O–H groups in total. The van der Waals surface area contributed by atoms with Crippen LogP contribution in [0.25, 0.3) is 11.1 Å². The van der Waals surface area contributed by atoms with E-state index in [0.29, 0.717) is 30.4 Å². The van der Waals surface area contributed by atoms with Crippen LogP contribution in [-0.2, 0) is 11.5 Å². The Balaban J connectivity index is 1.54. The number of allylic oxidation sites excluding steroid dienone is 1. The van der Waals surface area contributed by atoms with Gasteiger partial charge in [-0.25, -0.2) is 19.2 Å². The van der Waals surface area contributed by atoms with Crippen LogP contribution in [0.15, 0.2) is 69.6 Å². The number of hydrogen-bond donors (Lipinski definition) is 2. The van der Waals surface area contributed by atoms with Gasteiger partial charge in [-0.1, -0.05) is 24.4 Å². The lowest BCUT2D eigenvalue weighted by Gasteiger charge is -2.21. The molecule has 0 spiro atoms. The molecule has 1 aromatic carbocycles. The summed E-state index contributed by atoms with van der Waals surface area (Å²) >= 11 is 1.27. The van der Waals surface area contributed by atoms with Crippen molar-refractivity contribution in [3.05, 3.63) is 71.4 Å². The lowest BCUT2D eigenvalue weighted by Crippen LogP contribution is -2.36. The highest BCUT2D eigenvalue weighted by Crippen LogP contribution is 2.22. The van der Waals surface area contributed by atoms with Crippen LogP contribution in [0.5, 0.6) is 0 Å². The van der Waals surface area contributed by atoms with Crippen molar-refractivity contribution in [2.75, 3.05) is 30.7 Å². The molecule has 34 heavy (non-hydrogen) atoms. The summed E-state index contributed by atoms with van der Waals surface area (Å²) in [6, 6.07) is 6.21. The van der Waals surface area contributed by atoms with Crippen molar-refractivity contribution in [2.45, 2.75) is 25.7 Å². The van der Waals surface area contributed by atoms with Gasteiger partial charge in [-0.3, -0.25) is 4.79 Å². The summed E-state index contributed by atoms with van der Waals surface area (Å²) in [5, 5.41) is 6.51. The highest BCUT2D eigenvalue weighted by molar-refractivity contribution is 7.99. The number of rotatable bonds is 12. The Kier molecular flexibility index (Phi) is 8.86. The van der Waals surface area contributed by atoms with E-state index in [1.54, 1.807) is 42.4 Å². The maximum absolute atomic E-state index is 14.7. The third-order valence-electron chi connectivity index (χ3n) is 4.81. The van der Waals surface area contributed by atoms with Crippen molar-refractivity contribution < 1.29 is 13.7 Å². The Labute approximate surface area is 201 Å². The lowest BCUT2D eigenvalue weighted by atomic mass is 10.1. The predicted molar refractivity (Wildman–Crippen MR) is 130 cm³/mol. The zero-order valence-electron chi connectivity index (χ0n) is 19.1. The summed E-state index contributed by atoms with van der Waals surface area (Å²) in [6.07, 6.45) is 4.78. The van der Waals surface area contributed by atoms with Gasteiger partial charge in [-0.15, -0.1) is 0 Å². The van der Waals surface area contributed by atoms with Crippen LogP contribution in [0.4, 0.5) is 10.1 Å². The van der Waals surface area contributed by atoms with E-state index in [0.717, 1.165) is 5.70 Å². The second-order valence-corrected chi connectivity index (χ2v) is 8.31. The van der Waals surface area contributed by atoms with Crippen LogP contribution < -0.4 is 16.3 Å². The molecule has 0 fully saturated rings. The number of hydrogen-bond acceptors (Lipinski definition) is 8. The first-order valence-corrected chi connectivity index (χ1v) is 11.7. The van der Waals surface area contributed by atoms with Crippen molar-refractivity contribution in [3.8, 4) is 11.1 Å². The quantitative estimate of drug-likeness (QED) is 0.297. The number of benzene rings is 1. The Morgan fingerprint density at radius 3 is 2.76 bits per heavy atom. The number of likely N-dealkylation sites (N-methyl/N-ethyl adjacent to an activating group) is 1. The zero-order valence-corrected chi connectivity index (χ0v) is 19.9. The number of nitrogens with zero attached hydrogens (tertiary/aromatic N) is 4. The number of amides is 1. The molecule has 0 saturated heterocycles. The molecule has 0 saturated carbocycles. The molecular weight excluding hydrogens is 459 g/mol. The van der Waals surface area contributed by atoms with E-state index in [-0.39, 0.29) is 29.6 Å². The van der Waals surface area contributed by atoms with Gasteiger partial charge in [0.25, 0.3) is 0 Å². The van der Waals surface area contributed by atoms with Crippen LogP contribution in [0.1, 0.15) is 13.8 Å². The smallest absolute Gasteiger partial charge is 0.365 e. The van der Waals surface area contributed by atoms with Gasteiger partial charge in [-0.2, -0.15) is 4.74 Å². The Morgan fingerprint density at radius 2 is 2.09 bits per heavy atom.